The summed E-state index contributed by atoms with van der Waals surface area (Å²) in [5.74, 6) is 0.519. The third-order valence-electron chi connectivity index (χ3n) is 2.64. The summed E-state index contributed by atoms with van der Waals surface area (Å²) in [6.07, 6.45) is 0. The molecule has 1 aromatic carbocycles. The number of hydrogen-bond acceptors (Lipinski definition) is 2. The first-order valence-electron chi connectivity index (χ1n) is 5.40. The standard InChI is InChI=1S/C13H12BrCl2NS/c1-17(8-11-4-5-13(16)18-11)10-3-2-9(7-15)12(14)6-10/h2-6H,7-8H2,1H3. The van der Waals surface area contributed by atoms with Gasteiger partial charge in [-0.3, -0.25) is 0 Å². The zero-order chi connectivity index (χ0) is 13.1. The molecule has 18 heavy (non-hydrogen) atoms. The van der Waals surface area contributed by atoms with E-state index < -0.39 is 0 Å². The highest BCUT2D eigenvalue weighted by molar-refractivity contribution is 9.10. The summed E-state index contributed by atoms with van der Waals surface area (Å²) in [6, 6.07) is 10.2. The lowest BCUT2D eigenvalue weighted by Crippen LogP contribution is -2.15. The zero-order valence-corrected chi connectivity index (χ0v) is 13.7. The van der Waals surface area contributed by atoms with Gasteiger partial charge in [0.25, 0.3) is 0 Å². The van der Waals surface area contributed by atoms with Crippen molar-refractivity contribution in [2.45, 2.75) is 12.4 Å². The lowest BCUT2D eigenvalue weighted by atomic mass is 10.2. The Bertz CT molecular complexity index is 542. The van der Waals surface area contributed by atoms with Crippen molar-refractivity contribution in [1.29, 1.82) is 0 Å². The third kappa shape index (κ3) is 3.41. The molecule has 0 saturated carbocycles. The summed E-state index contributed by atoms with van der Waals surface area (Å²) in [5.41, 5.74) is 2.26. The second-order valence-electron chi connectivity index (χ2n) is 3.97. The van der Waals surface area contributed by atoms with Crippen molar-refractivity contribution in [2.24, 2.45) is 0 Å². The molecule has 0 unspecified atom stereocenters. The Morgan fingerprint density at radius 2 is 2.06 bits per heavy atom. The van der Waals surface area contributed by atoms with Crippen LogP contribution in [-0.2, 0) is 12.4 Å². The second kappa shape index (κ2) is 6.29. The van der Waals surface area contributed by atoms with Gasteiger partial charge in [-0.05, 0) is 29.8 Å². The number of thiophene rings is 1. The predicted octanol–water partition coefficient (Wildman–Crippen LogP) is 5.54. The normalized spacial score (nSPS) is 10.7. The summed E-state index contributed by atoms with van der Waals surface area (Å²) >= 11 is 16.9. The Labute approximate surface area is 129 Å². The van der Waals surface area contributed by atoms with Crippen LogP contribution in [-0.4, -0.2) is 7.05 Å². The lowest BCUT2D eigenvalue weighted by Gasteiger charge is -2.19. The Morgan fingerprint density at radius 3 is 2.61 bits per heavy atom. The molecule has 0 aliphatic rings. The van der Waals surface area contributed by atoms with Crippen LogP contribution in [0.25, 0.3) is 0 Å². The van der Waals surface area contributed by atoms with Crippen molar-refractivity contribution < 1.29 is 0 Å². The van der Waals surface area contributed by atoms with Crippen molar-refractivity contribution in [1.82, 2.24) is 0 Å². The Balaban J connectivity index is 2.13. The molecule has 0 spiro atoms. The van der Waals surface area contributed by atoms with Gasteiger partial charge >= 0.3 is 0 Å². The minimum absolute atomic E-state index is 0.519. The Kier molecular flexibility index (Phi) is 4.96. The van der Waals surface area contributed by atoms with Gasteiger partial charge in [-0.1, -0.05) is 33.6 Å². The molecule has 5 heteroatoms. The SMILES string of the molecule is CN(Cc1ccc(Cl)s1)c1ccc(CCl)c(Br)c1. The van der Waals surface area contributed by atoms with Crippen LogP contribution in [0.1, 0.15) is 10.4 Å². The molecule has 96 valence electrons. The van der Waals surface area contributed by atoms with E-state index in [1.54, 1.807) is 11.3 Å². The van der Waals surface area contributed by atoms with Crippen molar-refractivity contribution in [3.63, 3.8) is 0 Å². The first-order chi connectivity index (χ1) is 8.60. The van der Waals surface area contributed by atoms with Crippen LogP contribution < -0.4 is 4.90 Å². The van der Waals surface area contributed by atoms with Crippen LogP contribution in [0.2, 0.25) is 4.34 Å². The number of alkyl halides is 1. The number of anilines is 1. The van der Waals surface area contributed by atoms with E-state index in [1.807, 2.05) is 12.1 Å². The van der Waals surface area contributed by atoms with Gasteiger partial charge in [0.05, 0.1) is 10.9 Å². The van der Waals surface area contributed by atoms with Crippen LogP contribution in [0.3, 0.4) is 0 Å². The number of benzene rings is 1. The first-order valence-corrected chi connectivity index (χ1v) is 7.92. The van der Waals surface area contributed by atoms with E-state index in [9.17, 15) is 0 Å². The number of hydrogen-bond donors (Lipinski definition) is 0. The highest BCUT2D eigenvalue weighted by Crippen LogP contribution is 2.27. The quantitative estimate of drug-likeness (QED) is 0.644. The summed E-state index contributed by atoms with van der Waals surface area (Å²) in [4.78, 5) is 3.44. The molecule has 1 nitrogen and oxygen atoms in total. The average Bonchev–Trinajstić information content (AvgIpc) is 2.74. The fourth-order valence-corrected chi connectivity index (χ4v) is 3.69. The molecule has 0 atom stereocenters. The van der Waals surface area contributed by atoms with Gasteiger partial charge in [0.15, 0.2) is 0 Å². The highest BCUT2D eigenvalue weighted by Gasteiger charge is 2.07. The minimum Gasteiger partial charge on any atom is -0.369 e. The van der Waals surface area contributed by atoms with E-state index in [1.165, 1.54) is 4.88 Å². The molecule has 2 rings (SSSR count). The minimum atomic E-state index is 0.519. The summed E-state index contributed by atoms with van der Waals surface area (Å²) in [7, 11) is 2.07. The van der Waals surface area contributed by atoms with Gasteiger partial charge in [-0.15, -0.1) is 22.9 Å². The fourth-order valence-electron chi connectivity index (χ4n) is 1.64. The van der Waals surface area contributed by atoms with E-state index in [-0.39, 0.29) is 0 Å². The van der Waals surface area contributed by atoms with Crippen LogP contribution in [0.4, 0.5) is 5.69 Å². The summed E-state index contributed by atoms with van der Waals surface area (Å²) in [6.45, 7) is 0.851. The molecule has 1 aromatic heterocycles. The van der Waals surface area contributed by atoms with E-state index in [0.29, 0.717) is 5.88 Å². The van der Waals surface area contributed by atoms with E-state index in [4.69, 9.17) is 23.2 Å². The maximum atomic E-state index is 5.93. The maximum Gasteiger partial charge on any atom is 0.0931 e. The molecular formula is C13H12BrCl2NS. The van der Waals surface area contributed by atoms with Crippen LogP contribution in [0.5, 0.6) is 0 Å². The number of halogens is 3. The average molecular weight is 365 g/mol. The van der Waals surface area contributed by atoms with Crippen LogP contribution in [0, 0.1) is 0 Å². The van der Waals surface area contributed by atoms with Crippen molar-refractivity contribution >= 4 is 56.2 Å². The third-order valence-corrected chi connectivity index (χ3v) is 4.89. The molecule has 1 heterocycles. The molecule has 0 radical (unpaired) electrons. The van der Waals surface area contributed by atoms with Gasteiger partial charge in [-0.2, -0.15) is 0 Å². The Hall–Kier alpha value is -0.220. The smallest absolute Gasteiger partial charge is 0.0931 e. The fraction of sp³-hybridized carbons (Fsp3) is 0.231. The van der Waals surface area contributed by atoms with Gasteiger partial charge in [0.1, 0.15) is 0 Å². The number of rotatable bonds is 4. The topological polar surface area (TPSA) is 3.24 Å². The van der Waals surface area contributed by atoms with Crippen molar-refractivity contribution in [3.8, 4) is 0 Å². The highest BCUT2D eigenvalue weighted by atomic mass is 79.9. The molecule has 0 aliphatic carbocycles. The first kappa shape index (κ1) is 14.2. The molecule has 0 bridgehead atoms. The van der Waals surface area contributed by atoms with Crippen molar-refractivity contribution in [2.75, 3.05) is 11.9 Å². The zero-order valence-electron chi connectivity index (χ0n) is 9.79. The number of nitrogens with zero attached hydrogens (tertiary/aromatic N) is 1. The van der Waals surface area contributed by atoms with Gasteiger partial charge in [-0.25, -0.2) is 0 Å². The molecule has 0 amide bonds. The summed E-state index contributed by atoms with van der Waals surface area (Å²) in [5, 5.41) is 0. The van der Waals surface area contributed by atoms with Gasteiger partial charge in [0, 0.05) is 28.0 Å². The predicted molar refractivity (Wildman–Crippen MR) is 85.1 cm³/mol. The molecular weight excluding hydrogens is 353 g/mol. The van der Waals surface area contributed by atoms with Crippen molar-refractivity contribution in [3.05, 3.63) is 49.6 Å². The summed E-state index contributed by atoms with van der Waals surface area (Å²) < 4.78 is 1.88. The van der Waals surface area contributed by atoms with E-state index >= 15 is 0 Å². The van der Waals surface area contributed by atoms with Crippen LogP contribution >= 0.6 is 50.5 Å². The molecule has 2 aromatic rings. The molecule has 0 fully saturated rings. The van der Waals surface area contributed by atoms with Crippen LogP contribution in [0.15, 0.2) is 34.8 Å². The van der Waals surface area contributed by atoms with E-state index in [2.05, 4.69) is 46.1 Å². The Morgan fingerprint density at radius 1 is 1.28 bits per heavy atom. The largest absolute Gasteiger partial charge is 0.369 e. The molecule has 0 aliphatic heterocycles. The molecule has 0 saturated heterocycles. The van der Waals surface area contributed by atoms with E-state index in [0.717, 1.165) is 26.6 Å². The van der Waals surface area contributed by atoms with Gasteiger partial charge in [0.2, 0.25) is 0 Å². The molecule has 0 N–H and O–H groups in total. The lowest BCUT2D eigenvalue weighted by molar-refractivity contribution is 0.939. The second-order valence-corrected chi connectivity index (χ2v) is 6.89. The van der Waals surface area contributed by atoms with Gasteiger partial charge < -0.3 is 4.90 Å². The monoisotopic (exact) mass is 363 g/mol. The maximum absolute atomic E-state index is 5.93.